The minimum atomic E-state index is -0.536. The van der Waals surface area contributed by atoms with Gasteiger partial charge in [0.2, 0.25) is 0 Å². The standard InChI is InChI=1S/C13H20N2O3/c1-9(2)12(16)8-14-13(17)15-10-4-6-11(18-3)7-5-10/h4-7,9,12,16H,8H2,1-3H3,(H2,14,15,17). The number of carbonyl (C=O) groups excluding carboxylic acids is 1. The maximum atomic E-state index is 11.5. The SMILES string of the molecule is COc1ccc(NC(=O)NCC(O)C(C)C)cc1. The number of ether oxygens (including phenoxy) is 1. The molecule has 0 heterocycles. The quantitative estimate of drug-likeness (QED) is 0.748. The molecule has 0 aliphatic heterocycles. The maximum absolute atomic E-state index is 11.5. The molecule has 0 spiro atoms. The molecule has 0 fully saturated rings. The molecule has 5 heteroatoms. The number of methoxy groups -OCH3 is 1. The Labute approximate surface area is 107 Å². The maximum Gasteiger partial charge on any atom is 0.319 e. The van der Waals surface area contributed by atoms with Gasteiger partial charge in [-0.15, -0.1) is 0 Å². The van der Waals surface area contributed by atoms with Crippen LogP contribution in [0, 0.1) is 5.92 Å². The summed E-state index contributed by atoms with van der Waals surface area (Å²) in [4.78, 5) is 11.5. The smallest absolute Gasteiger partial charge is 0.319 e. The van der Waals surface area contributed by atoms with Crippen LogP contribution in [0.4, 0.5) is 10.5 Å². The van der Waals surface area contributed by atoms with Crippen LogP contribution in [-0.2, 0) is 0 Å². The highest BCUT2D eigenvalue weighted by atomic mass is 16.5. The van der Waals surface area contributed by atoms with E-state index in [-0.39, 0.29) is 18.5 Å². The summed E-state index contributed by atoms with van der Waals surface area (Å²) in [6.45, 7) is 4.03. The summed E-state index contributed by atoms with van der Waals surface area (Å²) in [6.07, 6.45) is -0.536. The van der Waals surface area contributed by atoms with Gasteiger partial charge >= 0.3 is 6.03 Å². The Morgan fingerprint density at radius 3 is 2.44 bits per heavy atom. The second-order valence-corrected chi connectivity index (χ2v) is 4.37. The molecule has 1 unspecified atom stereocenters. The van der Waals surface area contributed by atoms with Crippen LogP contribution in [0.2, 0.25) is 0 Å². The molecular weight excluding hydrogens is 232 g/mol. The number of hydrogen-bond acceptors (Lipinski definition) is 3. The first-order valence-corrected chi connectivity index (χ1v) is 5.90. The van der Waals surface area contributed by atoms with Crippen molar-refractivity contribution in [1.82, 2.24) is 5.32 Å². The Balaban J connectivity index is 2.39. The lowest BCUT2D eigenvalue weighted by molar-refractivity contribution is 0.126. The zero-order valence-electron chi connectivity index (χ0n) is 10.9. The summed E-state index contributed by atoms with van der Waals surface area (Å²) in [5.74, 6) is 0.850. The molecule has 1 atom stereocenters. The fraction of sp³-hybridized carbons (Fsp3) is 0.462. The molecule has 100 valence electrons. The lowest BCUT2D eigenvalue weighted by atomic mass is 10.1. The van der Waals surface area contributed by atoms with Crippen LogP contribution in [0.5, 0.6) is 5.75 Å². The highest BCUT2D eigenvalue weighted by Gasteiger charge is 2.10. The van der Waals surface area contributed by atoms with E-state index in [9.17, 15) is 9.90 Å². The van der Waals surface area contributed by atoms with Crippen molar-refractivity contribution in [3.8, 4) is 5.75 Å². The third kappa shape index (κ3) is 4.63. The van der Waals surface area contributed by atoms with Gasteiger partial charge in [0.1, 0.15) is 5.75 Å². The molecule has 0 saturated heterocycles. The van der Waals surface area contributed by atoms with E-state index < -0.39 is 6.10 Å². The predicted octanol–water partition coefficient (Wildman–Crippen LogP) is 1.83. The highest BCUT2D eigenvalue weighted by molar-refractivity contribution is 5.89. The van der Waals surface area contributed by atoms with E-state index in [1.165, 1.54) is 0 Å². The van der Waals surface area contributed by atoms with Gasteiger partial charge in [-0.25, -0.2) is 4.79 Å². The van der Waals surface area contributed by atoms with Crippen molar-refractivity contribution in [2.45, 2.75) is 20.0 Å². The van der Waals surface area contributed by atoms with E-state index in [0.717, 1.165) is 5.75 Å². The van der Waals surface area contributed by atoms with E-state index in [2.05, 4.69) is 10.6 Å². The molecule has 1 aromatic carbocycles. The number of nitrogens with one attached hydrogen (secondary N) is 2. The topological polar surface area (TPSA) is 70.6 Å². The Morgan fingerprint density at radius 2 is 1.94 bits per heavy atom. The number of urea groups is 1. The fourth-order valence-corrected chi connectivity index (χ4v) is 1.28. The highest BCUT2D eigenvalue weighted by Crippen LogP contribution is 2.14. The first-order valence-electron chi connectivity index (χ1n) is 5.90. The number of benzene rings is 1. The molecule has 18 heavy (non-hydrogen) atoms. The van der Waals surface area contributed by atoms with Crippen LogP contribution >= 0.6 is 0 Å². The summed E-state index contributed by atoms with van der Waals surface area (Å²) in [6, 6.07) is 6.69. The number of rotatable bonds is 5. The third-order valence-electron chi connectivity index (χ3n) is 2.59. The van der Waals surface area contributed by atoms with Gasteiger partial charge in [-0.3, -0.25) is 0 Å². The second kappa shape index (κ2) is 6.86. The molecule has 0 aliphatic rings. The number of aliphatic hydroxyl groups excluding tert-OH is 1. The van der Waals surface area contributed by atoms with E-state index in [1.54, 1.807) is 31.4 Å². The second-order valence-electron chi connectivity index (χ2n) is 4.37. The van der Waals surface area contributed by atoms with Gasteiger partial charge in [0.15, 0.2) is 0 Å². The number of anilines is 1. The van der Waals surface area contributed by atoms with E-state index in [4.69, 9.17) is 4.74 Å². The molecule has 1 rings (SSSR count). The number of aliphatic hydroxyl groups is 1. The van der Waals surface area contributed by atoms with Crippen LogP contribution < -0.4 is 15.4 Å². The third-order valence-corrected chi connectivity index (χ3v) is 2.59. The summed E-state index contributed by atoms with van der Waals surface area (Å²) in [5, 5.41) is 14.8. The van der Waals surface area contributed by atoms with Crippen LogP contribution in [0.15, 0.2) is 24.3 Å². The summed E-state index contributed by atoms with van der Waals surface area (Å²) in [5.41, 5.74) is 0.673. The van der Waals surface area contributed by atoms with Crippen LogP contribution in [0.1, 0.15) is 13.8 Å². The van der Waals surface area contributed by atoms with Crippen molar-refractivity contribution in [1.29, 1.82) is 0 Å². The van der Waals surface area contributed by atoms with E-state index >= 15 is 0 Å². The molecule has 5 nitrogen and oxygen atoms in total. The number of hydrogen-bond donors (Lipinski definition) is 3. The lowest BCUT2D eigenvalue weighted by Gasteiger charge is -2.15. The van der Waals surface area contributed by atoms with E-state index in [0.29, 0.717) is 5.69 Å². The largest absolute Gasteiger partial charge is 0.497 e. The van der Waals surface area contributed by atoms with Gasteiger partial charge in [-0.2, -0.15) is 0 Å². The molecule has 0 saturated carbocycles. The molecule has 3 N–H and O–H groups in total. The summed E-state index contributed by atoms with van der Waals surface area (Å²) < 4.78 is 5.02. The van der Waals surface area contributed by atoms with Crippen LogP contribution in [0.3, 0.4) is 0 Å². The summed E-state index contributed by atoms with van der Waals surface area (Å²) >= 11 is 0. The molecule has 0 radical (unpaired) electrons. The lowest BCUT2D eigenvalue weighted by Crippen LogP contribution is -2.37. The zero-order chi connectivity index (χ0) is 13.5. The molecule has 0 aliphatic carbocycles. The van der Waals surface area contributed by atoms with Crippen molar-refractivity contribution in [3.63, 3.8) is 0 Å². The van der Waals surface area contributed by atoms with Gasteiger partial charge < -0.3 is 20.5 Å². The van der Waals surface area contributed by atoms with Gasteiger partial charge in [-0.05, 0) is 30.2 Å². The summed E-state index contributed by atoms with van der Waals surface area (Å²) in [7, 11) is 1.59. The van der Waals surface area contributed by atoms with E-state index in [1.807, 2.05) is 13.8 Å². The van der Waals surface area contributed by atoms with Crippen LogP contribution in [0.25, 0.3) is 0 Å². The van der Waals surface area contributed by atoms with Gasteiger partial charge in [0, 0.05) is 12.2 Å². The first-order chi connectivity index (χ1) is 8.52. The number of amides is 2. The average molecular weight is 252 g/mol. The number of carbonyl (C=O) groups is 1. The molecular formula is C13H20N2O3. The normalized spacial score (nSPS) is 12.1. The van der Waals surface area contributed by atoms with Crippen molar-refractivity contribution in [3.05, 3.63) is 24.3 Å². The molecule has 0 aromatic heterocycles. The Kier molecular flexibility index (Phi) is 5.45. The van der Waals surface area contributed by atoms with Crippen molar-refractivity contribution >= 4 is 11.7 Å². The van der Waals surface area contributed by atoms with Gasteiger partial charge in [0.25, 0.3) is 0 Å². The van der Waals surface area contributed by atoms with Crippen LogP contribution in [-0.4, -0.2) is 30.9 Å². The first kappa shape index (κ1) is 14.3. The molecule has 1 aromatic rings. The Bertz CT molecular complexity index is 376. The van der Waals surface area contributed by atoms with Gasteiger partial charge in [-0.1, -0.05) is 13.8 Å². The predicted molar refractivity (Wildman–Crippen MR) is 70.9 cm³/mol. The zero-order valence-corrected chi connectivity index (χ0v) is 10.9. The van der Waals surface area contributed by atoms with Gasteiger partial charge in [0.05, 0.1) is 13.2 Å². The average Bonchev–Trinajstić information content (AvgIpc) is 2.36. The minimum absolute atomic E-state index is 0.117. The Morgan fingerprint density at radius 1 is 1.33 bits per heavy atom. The minimum Gasteiger partial charge on any atom is -0.497 e. The Hall–Kier alpha value is -1.75. The molecule has 0 bridgehead atoms. The van der Waals surface area contributed by atoms with Crippen molar-refractivity contribution in [2.24, 2.45) is 5.92 Å². The van der Waals surface area contributed by atoms with Crippen molar-refractivity contribution < 1.29 is 14.6 Å². The monoisotopic (exact) mass is 252 g/mol. The molecule has 2 amide bonds. The fourth-order valence-electron chi connectivity index (χ4n) is 1.28. The van der Waals surface area contributed by atoms with Crippen molar-refractivity contribution in [2.75, 3.05) is 19.0 Å².